The lowest BCUT2D eigenvalue weighted by molar-refractivity contribution is -0.144. The van der Waals surface area contributed by atoms with Crippen LogP contribution in [0.5, 0.6) is 0 Å². The standard InChI is InChI=1S/C25H24F2N2O4S/c1-24(10-11-24)14-2-4-15(5-3-14)25(26,27)20(30)8-7-19-16-12-29(23(33)17(16)13-34-19)18-6-9-21(31)28-22(18)32/h2-5,13,18H,6-12H2,1H3,(H,28,31,32). The summed E-state index contributed by atoms with van der Waals surface area (Å²) in [6.07, 6.45) is 2.23. The van der Waals surface area contributed by atoms with Gasteiger partial charge in [0, 0.05) is 35.2 Å². The number of hydrogen-bond donors (Lipinski definition) is 1. The number of amides is 3. The van der Waals surface area contributed by atoms with Gasteiger partial charge in [-0.2, -0.15) is 8.78 Å². The first-order valence-electron chi connectivity index (χ1n) is 11.4. The van der Waals surface area contributed by atoms with E-state index in [2.05, 4.69) is 12.2 Å². The summed E-state index contributed by atoms with van der Waals surface area (Å²) >= 11 is 1.27. The van der Waals surface area contributed by atoms with Gasteiger partial charge in [-0.05, 0) is 42.2 Å². The summed E-state index contributed by atoms with van der Waals surface area (Å²) in [4.78, 5) is 51.0. The number of nitrogens with one attached hydrogen (secondary N) is 1. The van der Waals surface area contributed by atoms with Crippen molar-refractivity contribution >= 4 is 34.8 Å². The molecule has 178 valence electrons. The third-order valence-corrected chi connectivity index (χ3v) is 8.35. The molecule has 9 heteroatoms. The predicted molar refractivity (Wildman–Crippen MR) is 121 cm³/mol. The quantitative estimate of drug-likeness (QED) is 0.603. The third-order valence-electron chi connectivity index (χ3n) is 7.26. The fraction of sp³-hybridized carbons (Fsp3) is 0.440. The van der Waals surface area contributed by atoms with Gasteiger partial charge >= 0.3 is 5.92 Å². The number of thiophene rings is 1. The van der Waals surface area contributed by atoms with E-state index < -0.39 is 23.7 Å². The van der Waals surface area contributed by atoms with Crippen molar-refractivity contribution in [1.82, 2.24) is 10.2 Å². The minimum Gasteiger partial charge on any atom is -0.322 e. The fourth-order valence-electron chi connectivity index (χ4n) is 4.72. The lowest BCUT2D eigenvalue weighted by Crippen LogP contribution is -2.52. The minimum atomic E-state index is -3.59. The Labute approximate surface area is 199 Å². The second-order valence-electron chi connectivity index (χ2n) is 9.59. The highest BCUT2D eigenvalue weighted by Crippen LogP contribution is 2.48. The summed E-state index contributed by atoms with van der Waals surface area (Å²) in [6, 6.07) is 5.32. The van der Waals surface area contributed by atoms with Crippen molar-refractivity contribution in [3.8, 4) is 0 Å². The van der Waals surface area contributed by atoms with Gasteiger partial charge in [0.15, 0.2) is 0 Å². The Morgan fingerprint density at radius 3 is 2.56 bits per heavy atom. The van der Waals surface area contributed by atoms with E-state index in [1.807, 2.05) is 0 Å². The van der Waals surface area contributed by atoms with Crippen LogP contribution >= 0.6 is 11.3 Å². The molecule has 2 aliphatic heterocycles. The van der Waals surface area contributed by atoms with Crippen LogP contribution in [-0.4, -0.2) is 34.4 Å². The molecule has 2 aromatic rings. The van der Waals surface area contributed by atoms with Crippen LogP contribution in [0.15, 0.2) is 29.6 Å². The summed E-state index contributed by atoms with van der Waals surface area (Å²) in [7, 11) is 0. The molecule has 1 saturated heterocycles. The molecule has 3 amide bonds. The van der Waals surface area contributed by atoms with Gasteiger partial charge in [0.1, 0.15) is 6.04 Å². The largest absolute Gasteiger partial charge is 0.330 e. The number of hydrogen-bond acceptors (Lipinski definition) is 5. The number of imide groups is 1. The minimum absolute atomic E-state index is 0.0660. The molecule has 0 spiro atoms. The smallest absolute Gasteiger partial charge is 0.322 e. The second-order valence-corrected chi connectivity index (χ2v) is 10.6. The van der Waals surface area contributed by atoms with Crippen LogP contribution in [0, 0.1) is 0 Å². The van der Waals surface area contributed by atoms with E-state index in [0.29, 0.717) is 16.0 Å². The number of halogens is 2. The number of piperidine rings is 1. The molecule has 5 rings (SSSR count). The molecule has 1 N–H and O–H groups in total. The van der Waals surface area contributed by atoms with E-state index in [1.165, 1.54) is 28.4 Å². The first kappa shape index (κ1) is 22.8. The Kier molecular flexibility index (Phi) is 5.42. The Bertz CT molecular complexity index is 1200. The van der Waals surface area contributed by atoms with E-state index in [4.69, 9.17) is 0 Å². The van der Waals surface area contributed by atoms with Crippen LogP contribution in [0.25, 0.3) is 0 Å². The topological polar surface area (TPSA) is 83.6 Å². The Hall–Kier alpha value is -2.94. The lowest BCUT2D eigenvalue weighted by atomic mass is 9.94. The molecule has 0 bridgehead atoms. The van der Waals surface area contributed by atoms with Gasteiger partial charge in [-0.25, -0.2) is 0 Å². The second kappa shape index (κ2) is 8.08. The highest BCUT2D eigenvalue weighted by Gasteiger charge is 2.43. The zero-order valence-corrected chi connectivity index (χ0v) is 19.5. The molecular weight excluding hydrogens is 462 g/mol. The number of nitrogens with zero attached hydrogens (tertiary/aromatic N) is 1. The zero-order valence-electron chi connectivity index (χ0n) is 18.7. The van der Waals surface area contributed by atoms with E-state index in [9.17, 15) is 28.0 Å². The van der Waals surface area contributed by atoms with Gasteiger partial charge in [0.05, 0.1) is 5.56 Å². The Morgan fingerprint density at radius 1 is 1.21 bits per heavy atom. The summed E-state index contributed by atoms with van der Waals surface area (Å²) in [6.45, 7) is 2.26. The van der Waals surface area contributed by atoms with Gasteiger partial charge < -0.3 is 4.90 Å². The van der Waals surface area contributed by atoms with Crippen LogP contribution in [0.4, 0.5) is 8.78 Å². The van der Waals surface area contributed by atoms with Crippen LogP contribution in [0.1, 0.15) is 71.0 Å². The number of fused-ring (bicyclic) bond motifs is 1. The first-order chi connectivity index (χ1) is 16.1. The van der Waals surface area contributed by atoms with Crippen molar-refractivity contribution in [2.45, 2.75) is 69.4 Å². The van der Waals surface area contributed by atoms with Gasteiger partial charge in [0.2, 0.25) is 17.6 Å². The van der Waals surface area contributed by atoms with Crippen LogP contribution in [-0.2, 0) is 38.7 Å². The Balaban J connectivity index is 1.25. The van der Waals surface area contributed by atoms with Gasteiger partial charge in [0.25, 0.3) is 5.91 Å². The van der Waals surface area contributed by atoms with Crippen LogP contribution < -0.4 is 5.32 Å². The summed E-state index contributed by atoms with van der Waals surface area (Å²) in [5.41, 5.74) is 1.89. The number of alkyl halides is 2. The van der Waals surface area contributed by atoms with Crippen molar-refractivity contribution in [1.29, 1.82) is 0 Å². The molecule has 1 atom stereocenters. The average molecular weight is 487 g/mol. The number of aryl methyl sites for hydroxylation is 1. The number of ketones is 1. The molecule has 0 radical (unpaired) electrons. The number of carbonyl (C=O) groups is 4. The van der Waals surface area contributed by atoms with E-state index in [0.717, 1.165) is 18.4 Å². The summed E-state index contributed by atoms with van der Waals surface area (Å²) in [5, 5.41) is 3.90. The van der Waals surface area contributed by atoms with E-state index >= 15 is 0 Å². The summed E-state index contributed by atoms with van der Waals surface area (Å²) < 4.78 is 29.7. The van der Waals surface area contributed by atoms with Crippen molar-refractivity contribution in [3.05, 3.63) is 56.8 Å². The molecule has 1 aromatic carbocycles. The molecule has 1 aliphatic carbocycles. The van der Waals surface area contributed by atoms with E-state index in [1.54, 1.807) is 17.5 Å². The van der Waals surface area contributed by atoms with Crippen LogP contribution in [0.3, 0.4) is 0 Å². The number of Topliss-reactive ketones (excluding diaryl/α,β-unsaturated/α-hetero) is 1. The van der Waals surface area contributed by atoms with Crippen LogP contribution in [0.2, 0.25) is 0 Å². The molecule has 1 saturated carbocycles. The predicted octanol–water partition coefficient (Wildman–Crippen LogP) is 3.85. The molecule has 3 heterocycles. The van der Waals surface area contributed by atoms with Crippen molar-refractivity contribution in [2.75, 3.05) is 0 Å². The number of benzene rings is 1. The van der Waals surface area contributed by atoms with Gasteiger partial charge in [-0.1, -0.05) is 31.2 Å². The molecule has 1 unspecified atom stereocenters. The fourth-order valence-corrected chi connectivity index (χ4v) is 5.76. The maximum atomic E-state index is 14.9. The average Bonchev–Trinajstić information content (AvgIpc) is 3.31. The highest BCUT2D eigenvalue weighted by molar-refractivity contribution is 7.10. The SMILES string of the molecule is CC1(c2ccc(C(F)(F)C(=O)CCc3scc4c3CN(C3CCC(=O)NC3=O)C4=O)cc2)CC1. The van der Waals surface area contributed by atoms with E-state index in [-0.39, 0.29) is 55.0 Å². The normalized spacial score (nSPS) is 21.4. The lowest BCUT2D eigenvalue weighted by Gasteiger charge is -2.29. The zero-order chi connectivity index (χ0) is 24.3. The van der Waals surface area contributed by atoms with Gasteiger partial charge in [-0.3, -0.25) is 24.5 Å². The molecule has 2 fully saturated rings. The first-order valence-corrected chi connectivity index (χ1v) is 12.2. The maximum absolute atomic E-state index is 14.9. The summed E-state index contributed by atoms with van der Waals surface area (Å²) in [5.74, 6) is -5.92. The Morgan fingerprint density at radius 2 is 1.91 bits per heavy atom. The monoisotopic (exact) mass is 486 g/mol. The molecular formula is C25H24F2N2O4S. The number of rotatable bonds is 7. The van der Waals surface area contributed by atoms with Crippen molar-refractivity contribution in [2.24, 2.45) is 0 Å². The number of carbonyl (C=O) groups excluding carboxylic acids is 4. The van der Waals surface area contributed by atoms with Crippen molar-refractivity contribution < 1.29 is 28.0 Å². The molecule has 1 aromatic heterocycles. The highest BCUT2D eigenvalue weighted by atomic mass is 32.1. The molecule has 34 heavy (non-hydrogen) atoms. The van der Waals surface area contributed by atoms with Crippen molar-refractivity contribution in [3.63, 3.8) is 0 Å². The third kappa shape index (κ3) is 3.85. The molecule has 3 aliphatic rings. The molecule has 6 nitrogen and oxygen atoms in total. The van der Waals surface area contributed by atoms with Gasteiger partial charge in [-0.15, -0.1) is 11.3 Å². The maximum Gasteiger partial charge on any atom is 0.330 e.